The van der Waals surface area contributed by atoms with Crippen LogP contribution in [-0.2, 0) is 6.42 Å². The van der Waals surface area contributed by atoms with E-state index in [1.807, 2.05) is 30.3 Å². The first-order chi connectivity index (χ1) is 17.3. The summed E-state index contributed by atoms with van der Waals surface area (Å²) in [6, 6.07) is 21.8. The Bertz CT molecular complexity index is 1190. The summed E-state index contributed by atoms with van der Waals surface area (Å²) in [6.45, 7) is 5.23. The van der Waals surface area contributed by atoms with Crippen molar-refractivity contribution in [2.75, 3.05) is 13.2 Å². The molecule has 3 aromatic rings. The number of carbonyl (C=O) groups excluding carboxylic acids is 2. The van der Waals surface area contributed by atoms with Crippen LogP contribution in [0.15, 0.2) is 77.3 Å². The van der Waals surface area contributed by atoms with Crippen LogP contribution in [0.4, 0.5) is 0 Å². The molecule has 9 heteroatoms. The molecule has 0 saturated carbocycles. The van der Waals surface area contributed by atoms with Crippen LogP contribution >= 0.6 is 28.1 Å². The van der Waals surface area contributed by atoms with Gasteiger partial charge >= 0.3 is 0 Å². The average molecular weight is 571 g/mol. The highest BCUT2D eigenvalue weighted by atomic mass is 79.9. The molecular formula is C27H28BrN3O4S. The molecule has 0 bridgehead atoms. The quantitative estimate of drug-likeness (QED) is 0.247. The molecule has 0 aliphatic carbocycles. The summed E-state index contributed by atoms with van der Waals surface area (Å²) in [5.41, 5.74) is 6.99. The van der Waals surface area contributed by atoms with E-state index in [0.717, 1.165) is 6.42 Å². The van der Waals surface area contributed by atoms with Gasteiger partial charge in [0.05, 0.1) is 17.7 Å². The number of carbonyl (C=O) groups is 2. The lowest BCUT2D eigenvalue weighted by Crippen LogP contribution is -2.48. The first-order valence-electron chi connectivity index (χ1n) is 11.4. The zero-order chi connectivity index (χ0) is 25.9. The van der Waals surface area contributed by atoms with Crippen LogP contribution in [0.1, 0.15) is 40.1 Å². The molecule has 7 nitrogen and oxygen atoms in total. The van der Waals surface area contributed by atoms with Crippen molar-refractivity contribution in [3.8, 4) is 11.5 Å². The van der Waals surface area contributed by atoms with Gasteiger partial charge in [-0.15, -0.1) is 0 Å². The maximum Gasteiger partial charge on any atom is 0.269 e. The third kappa shape index (κ3) is 8.66. The Labute approximate surface area is 224 Å². The third-order valence-electron chi connectivity index (χ3n) is 4.90. The molecule has 0 spiro atoms. The van der Waals surface area contributed by atoms with Crippen molar-refractivity contribution >= 4 is 45.1 Å². The molecule has 0 radical (unpaired) electrons. The number of amides is 2. The van der Waals surface area contributed by atoms with Crippen LogP contribution in [0.5, 0.6) is 11.5 Å². The third-order valence-corrected chi connectivity index (χ3v) is 5.73. The van der Waals surface area contributed by atoms with Gasteiger partial charge < -0.3 is 9.47 Å². The minimum atomic E-state index is -0.426. The van der Waals surface area contributed by atoms with Gasteiger partial charge in [0.15, 0.2) is 5.11 Å². The van der Waals surface area contributed by atoms with Crippen molar-refractivity contribution in [2.45, 2.75) is 20.3 Å². The molecule has 188 valence electrons. The van der Waals surface area contributed by atoms with E-state index in [2.05, 4.69) is 45.9 Å². The predicted octanol–water partition coefficient (Wildman–Crippen LogP) is 5.05. The van der Waals surface area contributed by atoms with Crippen molar-refractivity contribution < 1.29 is 19.1 Å². The summed E-state index contributed by atoms with van der Waals surface area (Å²) >= 11 is 8.57. The summed E-state index contributed by atoms with van der Waals surface area (Å²) in [4.78, 5) is 24.9. The summed E-state index contributed by atoms with van der Waals surface area (Å²) in [5.74, 6) is 0.906. The van der Waals surface area contributed by atoms with E-state index in [1.165, 1.54) is 5.56 Å². The van der Waals surface area contributed by atoms with Gasteiger partial charge in [0.1, 0.15) is 11.5 Å². The summed E-state index contributed by atoms with van der Waals surface area (Å²) in [5, 5.41) is 2.50. The molecule has 0 fully saturated rings. The van der Waals surface area contributed by atoms with E-state index in [9.17, 15) is 9.59 Å². The van der Waals surface area contributed by atoms with E-state index < -0.39 is 11.8 Å². The largest absolute Gasteiger partial charge is 0.493 e. The van der Waals surface area contributed by atoms with Gasteiger partial charge in [0.2, 0.25) is 0 Å². The normalized spacial score (nSPS) is 10.4. The number of rotatable bonds is 9. The highest BCUT2D eigenvalue weighted by Gasteiger charge is 2.12. The zero-order valence-electron chi connectivity index (χ0n) is 20.0. The fourth-order valence-electron chi connectivity index (χ4n) is 3.04. The number of thiocarbonyl (C=S) groups is 1. The van der Waals surface area contributed by atoms with Gasteiger partial charge in [-0.05, 0) is 82.1 Å². The molecule has 36 heavy (non-hydrogen) atoms. The molecule has 0 aromatic heterocycles. The van der Waals surface area contributed by atoms with Crippen LogP contribution in [0.25, 0.3) is 0 Å². The fraction of sp³-hybridized carbons (Fsp3) is 0.222. The second kappa shape index (κ2) is 13.6. The highest BCUT2D eigenvalue weighted by Crippen LogP contribution is 2.26. The Kier molecular flexibility index (Phi) is 10.3. The average Bonchev–Trinajstić information content (AvgIpc) is 2.87. The second-order valence-electron chi connectivity index (χ2n) is 8.32. The van der Waals surface area contributed by atoms with Crippen LogP contribution < -0.4 is 25.6 Å². The molecule has 3 aromatic carbocycles. The van der Waals surface area contributed by atoms with E-state index in [4.69, 9.17) is 21.7 Å². The Morgan fingerprint density at radius 2 is 1.58 bits per heavy atom. The molecule has 0 atom stereocenters. The minimum Gasteiger partial charge on any atom is -0.493 e. The molecule has 0 aliphatic heterocycles. The lowest BCUT2D eigenvalue weighted by atomic mass is 10.2. The molecular weight excluding hydrogens is 542 g/mol. The van der Waals surface area contributed by atoms with Crippen molar-refractivity contribution in [3.63, 3.8) is 0 Å². The fourth-order valence-corrected chi connectivity index (χ4v) is 3.68. The summed E-state index contributed by atoms with van der Waals surface area (Å²) in [7, 11) is 0. The van der Waals surface area contributed by atoms with Gasteiger partial charge in [-0.1, -0.05) is 44.2 Å². The Morgan fingerprint density at radius 3 is 2.25 bits per heavy atom. The van der Waals surface area contributed by atoms with E-state index in [-0.39, 0.29) is 5.11 Å². The number of hydrogen-bond acceptors (Lipinski definition) is 5. The van der Waals surface area contributed by atoms with E-state index >= 15 is 0 Å². The number of halogens is 1. The highest BCUT2D eigenvalue weighted by molar-refractivity contribution is 9.10. The zero-order valence-corrected chi connectivity index (χ0v) is 22.4. The maximum absolute atomic E-state index is 12.6. The molecule has 0 saturated heterocycles. The molecule has 3 N–H and O–H groups in total. The molecule has 0 heterocycles. The first-order valence-corrected chi connectivity index (χ1v) is 12.6. The number of benzene rings is 3. The van der Waals surface area contributed by atoms with Gasteiger partial charge in [0, 0.05) is 17.5 Å². The number of hydrazine groups is 1. The number of ether oxygens (including phenoxy) is 2. The second-order valence-corrected chi connectivity index (χ2v) is 9.58. The van der Waals surface area contributed by atoms with Crippen LogP contribution in [-0.4, -0.2) is 30.1 Å². The van der Waals surface area contributed by atoms with Crippen molar-refractivity contribution in [3.05, 3.63) is 94.0 Å². The van der Waals surface area contributed by atoms with E-state index in [1.54, 1.807) is 42.5 Å². The molecule has 0 aliphatic rings. The summed E-state index contributed by atoms with van der Waals surface area (Å²) in [6.07, 6.45) is 0.775. The van der Waals surface area contributed by atoms with E-state index in [0.29, 0.717) is 46.2 Å². The Hall–Kier alpha value is -3.43. The maximum atomic E-state index is 12.6. The van der Waals surface area contributed by atoms with Gasteiger partial charge in [-0.25, -0.2) is 0 Å². The lowest BCUT2D eigenvalue weighted by molar-refractivity contribution is 0.0934. The number of hydrogen-bond donors (Lipinski definition) is 3. The Balaban J connectivity index is 1.44. The van der Waals surface area contributed by atoms with Gasteiger partial charge in [0.25, 0.3) is 11.8 Å². The predicted molar refractivity (Wildman–Crippen MR) is 147 cm³/mol. The van der Waals surface area contributed by atoms with Crippen molar-refractivity contribution in [2.24, 2.45) is 5.92 Å². The van der Waals surface area contributed by atoms with Crippen molar-refractivity contribution in [1.82, 2.24) is 16.2 Å². The van der Waals surface area contributed by atoms with Crippen LogP contribution in [0, 0.1) is 5.92 Å². The Morgan fingerprint density at radius 1 is 0.889 bits per heavy atom. The number of nitrogens with one attached hydrogen (secondary N) is 3. The van der Waals surface area contributed by atoms with Crippen LogP contribution in [0.3, 0.4) is 0 Å². The minimum absolute atomic E-state index is 0.0375. The topological polar surface area (TPSA) is 88.7 Å². The molecule has 3 rings (SSSR count). The molecule has 0 unspecified atom stereocenters. The smallest absolute Gasteiger partial charge is 0.269 e. The summed E-state index contributed by atoms with van der Waals surface area (Å²) < 4.78 is 12.1. The monoisotopic (exact) mass is 569 g/mol. The lowest BCUT2D eigenvalue weighted by Gasteiger charge is -2.13. The van der Waals surface area contributed by atoms with Crippen molar-refractivity contribution in [1.29, 1.82) is 0 Å². The van der Waals surface area contributed by atoms with Crippen LogP contribution in [0.2, 0.25) is 0 Å². The SMILES string of the molecule is CC(C)COc1ccc(C(=O)NNC(=S)NC(=O)c2ccc(OCCc3ccccc3)c(Br)c2)cc1. The molecule has 2 amide bonds. The first kappa shape index (κ1) is 27.2. The van der Waals surface area contributed by atoms with Gasteiger partial charge in [-0.2, -0.15) is 0 Å². The standard InChI is InChI=1S/C27H28BrN3O4S/c1-18(2)17-35-22-11-8-20(9-12-22)26(33)30-31-27(36)29-25(32)21-10-13-24(23(28)16-21)34-15-14-19-6-4-3-5-7-19/h3-13,16,18H,14-15,17H2,1-2H3,(H,30,33)(H2,29,31,32,36). The van der Waals surface area contributed by atoms with Gasteiger partial charge in [-0.3, -0.25) is 25.8 Å².